The van der Waals surface area contributed by atoms with Gasteiger partial charge in [-0.15, -0.1) is 0 Å². The number of amides is 2. The average Bonchev–Trinajstić information content (AvgIpc) is 3.03. The van der Waals surface area contributed by atoms with E-state index in [0.29, 0.717) is 18.7 Å². The first-order chi connectivity index (χ1) is 11.2. The standard InChI is InChI=1S/C18H17N3O2/c22-17(20-10-8-13-4-2-1-3-5-13)18(23)21-15-6-7-16-14(12-15)9-11-19-16/h1-7,9,11-12,19H,8,10H2,(H,20,22)(H,21,23). The Labute approximate surface area is 133 Å². The number of anilines is 1. The van der Waals surface area contributed by atoms with Crippen LogP contribution in [-0.4, -0.2) is 23.3 Å². The summed E-state index contributed by atoms with van der Waals surface area (Å²) >= 11 is 0. The molecule has 0 unspecified atom stereocenters. The summed E-state index contributed by atoms with van der Waals surface area (Å²) in [5, 5.41) is 6.21. The van der Waals surface area contributed by atoms with Crippen LogP contribution in [0.2, 0.25) is 0 Å². The molecular weight excluding hydrogens is 290 g/mol. The zero-order valence-electron chi connectivity index (χ0n) is 12.5. The maximum absolute atomic E-state index is 11.9. The van der Waals surface area contributed by atoms with Crippen LogP contribution < -0.4 is 10.6 Å². The number of carbonyl (C=O) groups is 2. The lowest BCUT2D eigenvalue weighted by molar-refractivity contribution is -0.136. The number of H-pyrrole nitrogens is 1. The minimum atomic E-state index is -0.659. The molecule has 0 radical (unpaired) electrons. The molecule has 2 amide bonds. The van der Waals surface area contributed by atoms with Gasteiger partial charge in [0.15, 0.2) is 0 Å². The quantitative estimate of drug-likeness (QED) is 0.648. The van der Waals surface area contributed by atoms with Crippen molar-refractivity contribution >= 4 is 28.4 Å². The minimum Gasteiger partial charge on any atom is -0.361 e. The lowest BCUT2D eigenvalue weighted by Crippen LogP contribution is -2.36. The van der Waals surface area contributed by atoms with Gasteiger partial charge in [0.2, 0.25) is 0 Å². The number of hydrogen-bond acceptors (Lipinski definition) is 2. The number of aromatic nitrogens is 1. The Kier molecular flexibility index (Phi) is 4.38. The molecule has 23 heavy (non-hydrogen) atoms. The molecular formula is C18H17N3O2. The molecule has 1 heterocycles. The molecule has 0 fully saturated rings. The monoisotopic (exact) mass is 307 g/mol. The Balaban J connectivity index is 1.52. The Bertz CT molecular complexity index is 824. The van der Waals surface area contributed by atoms with Crippen LogP contribution in [0.1, 0.15) is 5.56 Å². The predicted octanol–water partition coefficient (Wildman–Crippen LogP) is 2.47. The number of carbonyl (C=O) groups excluding carboxylic acids is 2. The fourth-order valence-corrected chi connectivity index (χ4v) is 2.36. The summed E-state index contributed by atoms with van der Waals surface area (Å²) < 4.78 is 0. The molecule has 5 heteroatoms. The van der Waals surface area contributed by atoms with Gasteiger partial charge in [-0.3, -0.25) is 9.59 Å². The molecule has 3 N–H and O–H groups in total. The van der Waals surface area contributed by atoms with Gasteiger partial charge in [0.1, 0.15) is 0 Å². The van der Waals surface area contributed by atoms with E-state index >= 15 is 0 Å². The van der Waals surface area contributed by atoms with E-state index in [1.54, 1.807) is 6.07 Å². The average molecular weight is 307 g/mol. The Morgan fingerprint density at radius 3 is 2.61 bits per heavy atom. The van der Waals surface area contributed by atoms with Gasteiger partial charge >= 0.3 is 11.8 Å². The van der Waals surface area contributed by atoms with Crippen LogP contribution in [0.15, 0.2) is 60.8 Å². The second-order valence-corrected chi connectivity index (χ2v) is 5.23. The normalized spacial score (nSPS) is 10.4. The van der Waals surface area contributed by atoms with E-state index in [2.05, 4.69) is 15.6 Å². The van der Waals surface area contributed by atoms with E-state index < -0.39 is 11.8 Å². The molecule has 0 aliphatic carbocycles. The third-order valence-corrected chi connectivity index (χ3v) is 3.56. The van der Waals surface area contributed by atoms with Gasteiger partial charge in [0, 0.05) is 29.3 Å². The summed E-state index contributed by atoms with van der Waals surface area (Å²) in [5.74, 6) is -1.29. The van der Waals surface area contributed by atoms with E-state index in [4.69, 9.17) is 0 Å². The molecule has 0 saturated carbocycles. The largest absolute Gasteiger partial charge is 0.361 e. The van der Waals surface area contributed by atoms with Crippen molar-refractivity contribution in [3.63, 3.8) is 0 Å². The second kappa shape index (κ2) is 6.79. The first kappa shape index (κ1) is 14.8. The molecule has 0 aliphatic heterocycles. The number of aromatic amines is 1. The van der Waals surface area contributed by atoms with E-state index in [9.17, 15) is 9.59 Å². The summed E-state index contributed by atoms with van der Waals surface area (Å²) in [4.78, 5) is 26.8. The van der Waals surface area contributed by atoms with Crippen LogP contribution in [0, 0.1) is 0 Å². The van der Waals surface area contributed by atoms with Gasteiger partial charge in [0.05, 0.1) is 0 Å². The minimum absolute atomic E-state index is 0.424. The first-order valence-electron chi connectivity index (χ1n) is 7.42. The number of benzene rings is 2. The highest BCUT2D eigenvalue weighted by Crippen LogP contribution is 2.17. The molecule has 1 aromatic heterocycles. The van der Waals surface area contributed by atoms with E-state index in [-0.39, 0.29) is 0 Å². The van der Waals surface area contributed by atoms with Crippen LogP contribution >= 0.6 is 0 Å². The molecule has 0 spiro atoms. The Morgan fingerprint density at radius 2 is 1.78 bits per heavy atom. The summed E-state index contributed by atoms with van der Waals surface area (Å²) in [6.07, 6.45) is 2.52. The fourth-order valence-electron chi connectivity index (χ4n) is 2.36. The molecule has 3 aromatic rings. The van der Waals surface area contributed by atoms with Crippen LogP contribution in [0.25, 0.3) is 10.9 Å². The van der Waals surface area contributed by atoms with Crippen molar-refractivity contribution in [1.82, 2.24) is 10.3 Å². The maximum Gasteiger partial charge on any atom is 0.313 e. The van der Waals surface area contributed by atoms with E-state index in [1.807, 2.05) is 54.7 Å². The second-order valence-electron chi connectivity index (χ2n) is 5.23. The fraction of sp³-hybridized carbons (Fsp3) is 0.111. The van der Waals surface area contributed by atoms with Crippen molar-refractivity contribution in [1.29, 1.82) is 0 Å². The van der Waals surface area contributed by atoms with Crippen LogP contribution in [0.3, 0.4) is 0 Å². The predicted molar refractivity (Wildman–Crippen MR) is 90.1 cm³/mol. The Morgan fingerprint density at radius 1 is 0.957 bits per heavy atom. The van der Waals surface area contributed by atoms with Gasteiger partial charge in [0.25, 0.3) is 0 Å². The van der Waals surface area contributed by atoms with Crippen molar-refractivity contribution in [2.24, 2.45) is 0 Å². The number of nitrogens with one attached hydrogen (secondary N) is 3. The van der Waals surface area contributed by atoms with Gasteiger partial charge < -0.3 is 15.6 Å². The molecule has 0 saturated heterocycles. The number of rotatable bonds is 4. The third kappa shape index (κ3) is 3.77. The van der Waals surface area contributed by atoms with E-state index in [0.717, 1.165) is 16.5 Å². The van der Waals surface area contributed by atoms with Crippen molar-refractivity contribution in [3.05, 3.63) is 66.4 Å². The highest BCUT2D eigenvalue weighted by atomic mass is 16.2. The van der Waals surface area contributed by atoms with E-state index in [1.165, 1.54) is 0 Å². The molecule has 0 bridgehead atoms. The van der Waals surface area contributed by atoms with Gasteiger partial charge in [-0.05, 0) is 36.2 Å². The van der Waals surface area contributed by atoms with Crippen molar-refractivity contribution in [3.8, 4) is 0 Å². The summed E-state index contributed by atoms with van der Waals surface area (Å²) in [6, 6.07) is 17.1. The SMILES string of the molecule is O=C(NCCc1ccccc1)C(=O)Nc1ccc2[nH]ccc2c1. The van der Waals surface area contributed by atoms with Crippen LogP contribution in [0.5, 0.6) is 0 Å². The Hall–Kier alpha value is -3.08. The molecule has 3 rings (SSSR count). The van der Waals surface area contributed by atoms with Gasteiger partial charge in [-0.25, -0.2) is 0 Å². The zero-order valence-corrected chi connectivity index (χ0v) is 12.5. The van der Waals surface area contributed by atoms with Crippen LogP contribution in [-0.2, 0) is 16.0 Å². The number of fused-ring (bicyclic) bond motifs is 1. The maximum atomic E-state index is 11.9. The summed E-state index contributed by atoms with van der Waals surface area (Å²) in [6.45, 7) is 0.424. The molecule has 2 aromatic carbocycles. The van der Waals surface area contributed by atoms with Crippen molar-refractivity contribution in [2.45, 2.75) is 6.42 Å². The first-order valence-corrected chi connectivity index (χ1v) is 7.42. The molecule has 0 atom stereocenters. The zero-order chi connectivity index (χ0) is 16.1. The lowest BCUT2D eigenvalue weighted by Gasteiger charge is -2.07. The highest BCUT2D eigenvalue weighted by Gasteiger charge is 2.13. The van der Waals surface area contributed by atoms with Crippen LogP contribution in [0.4, 0.5) is 5.69 Å². The lowest BCUT2D eigenvalue weighted by atomic mass is 10.1. The molecule has 5 nitrogen and oxygen atoms in total. The number of hydrogen-bond donors (Lipinski definition) is 3. The topological polar surface area (TPSA) is 74.0 Å². The van der Waals surface area contributed by atoms with Crippen molar-refractivity contribution in [2.75, 3.05) is 11.9 Å². The summed E-state index contributed by atoms with van der Waals surface area (Å²) in [7, 11) is 0. The molecule has 116 valence electrons. The summed E-state index contributed by atoms with van der Waals surface area (Å²) in [5.41, 5.74) is 2.70. The van der Waals surface area contributed by atoms with Gasteiger partial charge in [-0.2, -0.15) is 0 Å². The van der Waals surface area contributed by atoms with Gasteiger partial charge in [-0.1, -0.05) is 30.3 Å². The molecule has 0 aliphatic rings. The third-order valence-electron chi connectivity index (χ3n) is 3.56. The highest BCUT2D eigenvalue weighted by molar-refractivity contribution is 6.39. The smallest absolute Gasteiger partial charge is 0.313 e. The van der Waals surface area contributed by atoms with Crippen molar-refractivity contribution < 1.29 is 9.59 Å².